The molecule has 1 aromatic carbocycles. The summed E-state index contributed by atoms with van der Waals surface area (Å²) in [6, 6.07) is 0.448. The summed E-state index contributed by atoms with van der Waals surface area (Å²) in [7, 11) is 0. The highest BCUT2D eigenvalue weighted by Crippen LogP contribution is 2.36. The average Bonchev–Trinajstić information content (AvgIpc) is 2.44. The predicted molar refractivity (Wildman–Crippen MR) is 70.7 cm³/mol. The monoisotopic (exact) mass is 326 g/mol. The number of nitrogens with one attached hydrogen (secondary N) is 1. The number of alkyl halides is 3. The van der Waals surface area contributed by atoms with E-state index in [2.05, 4.69) is 5.32 Å². The van der Waals surface area contributed by atoms with Crippen LogP contribution in [0.4, 0.5) is 17.6 Å². The summed E-state index contributed by atoms with van der Waals surface area (Å²) in [6.07, 6.45) is -4.62. The zero-order valence-corrected chi connectivity index (χ0v) is 11.8. The highest BCUT2D eigenvalue weighted by molar-refractivity contribution is 6.30. The van der Waals surface area contributed by atoms with Crippen molar-refractivity contribution in [1.82, 2.24) is 10.2 Å². The SMILES string of the molecule is OC[C@@H](c1cc(C(F)(F)F)cc(Cl)c1F)N1CCNCC1. The second-order valence-electron chi connectivity index (χ2n) is 4.84. The Bertz CT molecular complexity index is 504. The Morgan fingerprint density at radius 2 is 1.90 bits per heavy atom. The minimum Gasteiger partial charge on any atom is -0.394 e. The highest BCUT2D eigenvalue weighted by atomic mass is 35.5. The molecule has 2 N–H and O–H groups in total. The van der Waals surface area contributed by atoms with Crippen LogP contribution in [-0.4, -0.2) is 42.8 Å². The molecule has 1 saturated heterocycles. The van der Waals surface area contributed by atoms with Crippen molar-refractivity contribution in [1.29, 1.82) is 0 Å². The zero-order chi connectivity index (χ0) is 15.6. The molecule has 0 amide bonds. The van der Waals surface area contributed by atoms with Gasteiger partial charge in [0.25, 0.3) is 0 Å². The van der Waals surface area contributed by atoms with Gasteiger partial charge in [-0.25, -0.2) is 4.39 Å². The van der Waals surface area contributed by atoms with Crippen LogP contribution in [-0.2, 0) is 6.18 Å². The quantitative estimate of drug-likeness (QED) is 0.838. The van der Waals surface area contributed by atoms with Gasteiger partial charge < -0.3 is 10.4 Å². The minimum absolute atomic E-state index is 0.223. The van der Waals surface area contributed by atoms with E-state index in [9.17, 15) is 22.7 Å². The average molecular weight is 327 g/mol. The first-order chi connectivity index (χ1) is 9.84. The van der Waals surface area contributed by atoms with Gasteiger partial charge in [-0.1, -0.05) is 11.6 Å². The van der Waals surface area contributed by atoms with Crippen LogP contribution in [0.3, 0.4) is 0 Å². The van der Waals surface area contributed by atoms with E-state index >= 15 is 0 Å². The number of hydrogen-bond donors (Lipinski definition) is 2. The smallest absolute Gasteiger partial charge is 0.394 e. The van der Waals surface area contributed by atoms with Crippen LogP contribution in [0.15, 0.2) is 12.1 Å². The van der Waals surface area contributed by atoms with Gasteiger partial charge in [-0.3, -0.25) is 4.90 Å². The molecule has 1 aliphatic rings. The summed E-state index contributed by atoms with van der Waals surface area (Å²) < 4.78 is 52.6. The first-order valence-electron chi connectivity index (χ1n) is 6.46. The number of nitrogens with zero attached hydrogens (tertiary/aromatic N) is 1. The molecule has 0 aliphatic carbocycles. The number of benzene rings is 1. The zero-order valence-electron chi connectivity index (χ0n) is 11.1. The summed E-state index contributed by atoms with van der Waals surface area (Å²) in [6.45, 7) is 1.81. The van der Waals surface area contributed by atoms with Crippen LogP contribution in [0.2, 0.25) is 5.02 Å². The molecule has 0 radical (unpaired) electrons. The standard InChI is InChI=1S/C13H15ClF4N2O/c14-10-6-8(13(16,17)18)5-9(12(10)15)11(7-21)20-3-1-19-2-4-20/h5-6,11,19,21H,1-4,7H2/t11-/m0/s1. The molecule has 1 aliphatic heterocycles. The molecule has 0 unspecified atom stereocenters. The van der Waals surface area contributed by atoms with Crippen LogP contribution in [0, 0.1) is 5.82 Å². The molecule has 118 valence electrons. The van der Waals surface area contributed by atoms with Gasteiger partial charge in [-0.15, -0.1) is 0 Å². The number of halogens is 5. The van der Waals surface area contributed by atoms with E-state index in [0.717, 1.165) is 6.07 Å². The number of aliphatic hydroxyl groups excluding tert-OH is 1. The summed E-state index contributed by atoms with van der Waals surface area (Å²) in [5, 5.41) is 12.0. The van der Waals surface area contributed by atoms with Crippen molar-refractivity contribution in [2.45, 2.75) is 12.2 Å². The maximum Gasteiger partial charge on any atom is 0.416 e. The molecule has 0 bridgehead atoms. The van der Waals surface area contributed by atoms with E-state index in [1.807, 2.05) is 0 Å². The lowest BCUT2D eigenvalue weighted by Gasteiger charge is -2.34. The Balaban J connectivity index is 2.42. The molecule has 2 rings (SSSR count). The van der Waals surface area contributed by atoms with Gasteiger partial charge in [0.2, 0.25) is 0 Å². The molecule has 1 fully saturated rings. The summed E-state index contributed by atoms with van der Waals surface area (Å²) >= 11 is 5.58. The van der Waals surface area contributed by atoms with E-state index in [0.29, 0.717) is 32.2 Å². The fourth-order valence-corrected chi connectivity index (χ4v) is 2.65. The van der Waals surface area contributed by atoms with Crippen LogP contribution in [0.5, 0.6) is 0 Å². The fraction of sp³-hybridized carbons (Fsp3) is 0.538. The Morgan fingerprint density at radius 1 is 1.29 bits per heavy atom. The molecule has 0 spiro atoms. The van der Waals surface area contributed by atoms with Gasteiger partial charge in [0, 0.05) is 31.7 Å². The number of hydrogen-bond acceptors (Lipinski definition) is 3. The van der Waals surface area contributed by atoms with Gasteiger partial charge in [0.15, 0.2) is 0 Å². The van der Waals surface area contributed by atoms with Crippen LogP contribution < -0.4 is 5.32 Å². The van der Waals surface area contributed by atoms with Crippen molar-refractivity contribution in [3.05, 3.63) is 34.1 Å². The molecule has 1 atom stereocenters. The third kappa shape index (κ3) is 3.66. The summed E-state index contributed by atoms with van der Waals surface area (Å²) in [5.74, 6) is -0.915. The minimum atomic E-state index is -4.62. The lowest BCUT2D eigenvalue weighted by molar-refractivity contribution is -0.137. The van der Waals surface area contributed by atoms with Gasteiger partial charge in [0.05, 0.1) is 23.2 Å². The van der Waals surface area contributed by atoms with E-state index in [1.165, 1.54) is 0 Å². The Kier molecular flexibility index (Phi) is 5.08. The molecule has 1 aromatic rings. The van der Waals surface area contributed by atoms with E-state index in [-0.39, 0.29) is 5.56 Å². The first kappa shape index (κ1) is 16.5. The number of aliphatic hydroxyl groups is 1. The highest BCUT2D eigenvalue weighted by Gasteiger charge is 2.34. The third-order valence-electron chi connectivity index (χ3n) is 3.51. The van der Waals surface area contributed by atoms with Crippen LogP contribution >= 0.6 is 11.6 Å². The molecular formula is C13H15ClF4N2O. The number of piperazine rings is 1. The lowest BCUT2D eigenvalue weighted by atomic mass is 10.0. The number of rotatable bonds is 3. The van der Waals surface area contributed by atoms with E-state index in [1.54, 1.807) is 4.90 Å². The van der Waals surface area contributed by atoms with Crippen molar-refractivity contribution in [2.24, 2.45) is 0 Å². The Labute approximate surface area is 124 Å². The van der Waals surface area contributed by atoms with Crippen molar-refractivity contribution >= 4 is 11.6 Å². The van der Waals surface area contributed by atoms with Gasteiger partial charge in [-0.2, -0.15) is 13.2 Å². The van der Waals surface area contributed by atoms with E-state index in [4.69, 9.17) is 11.6 Å². The van der Waals surface area contributed by atoms with Crippen molar-refractivity contribution in [2.75, 3.05) is 32.8 Å². The molecule has 1 heterocycles. The van der Waals surface area contributed by atoms with Crippen LogP contribution in [0.25, 0.3) is 0 Å². The molecule has 8 heteroatoms. The summed E-state index contributed by atoms with van der Waals surface area (Å²) in [4.78, 5) is 1.74. The third-order valence-corrected chi connectivity index (χ3v) is 3.78. The molecule has 0 saturated carbocycles. The molecular weight excluding hydrogens is 312 g/mol. The normalized spacial score (nSPS) is 18.8. The second-order valence-corrected chi connectivity index (χ2v) is 5.25. The Hall–Kier alpha value is -0.890. The first-order valence-corrected chi connectivity index (χ1v) is 6.84. The van der Waals surface area contributed by atoms with Crippen LogP contribution in [0.1, 0.15) is 17.2 Å². The molecule has 3 nitrogen and oxygen atoms in total. The fourth-order valence-electron chi connectivity index (χ4n) is 2.42. The molecule has 0 aromatic heterocycles. The summed E-state index contributed by atoms with van der Waals surface area (Å²) in [5.41, 5.74) is -1.24. The maximum atomic E-state index is 14.1. The predicted octanol–water partition coefficient (Wildman–Crippen LogP) is 2.44. The Morgan fingerprint density at radius 3 is 2.43 bits per heavy atom. The van der Waals surface area contributed by atoms with Crippen molar-refractivity contribution in [3.8, 4) is 0 Å². The second kappa shape index (κ2) is 6.48. The van der Waals surface area contributed by atoms with Gasteiger partial charge in [-0.05, 0) is 12.1 Å². The van der Waals surface area contributed by atoms with Crippen molar-refractivity contribution < 1.29 is 22.7 Å². The molecule has 21 heavy (non-hydrogen) atoms. The van der Waals surface area contributed by atoms with E-state index < -0.39 is 35.2 Å². The largest absolute Gasteiger partial charge is 0.416 e. The topological polar surface area (TPSA) is 35.5 Å². The lowest BCUT2D eigenvalue weighted by Crippen LogP contribution is -2.46. The van der Waals surface area contributed by atoms with Gasteiger partial charge >= 0.3 is 6.18 Å². The maximum absolute atomic E-state index is 14.1. The van der Waals surface area contributed by atoms with Gasteiger partial charge in [0.1, 0.15) is 5.82 Å². The van der Waals surface area contributed by atoms with Crippen molar-refractivity contribution in [3.63, 3.8) is 0 Å².